The lowest BCUT2D eigenvalue weighted by Crippen LogP contribution is -2.29. The van der Waals surface area contributed by atoms with Gasteiger partial charge >= 0.3 is 0 Å². The van der Waals surface area contributed by atoms with Gasteiger partial charge in [-0.15, -0.1) is 11.3 Å². The van der Waals surface area contributed by atoms with Crippen molar-refractivity contribution in [3.63, 3.8) is 0 Å². The Balaban J connectivity index is 1.96. The maximum absolute atomic E-state index is 9.91. The van der Waals surface area contributed by atoms with E-state index in [1.165, 1.54) is 0 Å². The molecule has 1 aromatic heterocycles. The third kappa shape index (κ3) is 3.27. The highest BCUT2D eigenvalue weighted by Gasteiger charge is 2.34. The predicted octanol–water partition coefficient (Wildman–Crippen LogP) is 2.11. The van der Waals surface area contributed by atoms with Crippen molar-refractivity contribution < 1.29 is 10.2 Å². The van der Waals surface area contributed by atoms with E-state index in [1.807, 2.05) is 5.38 Å². The Morgan fingerprint density at radius 2 is 2.06 bits per heavy atom. The highest BCUT2D eigenvalue weighted by atomic mass is 32.1. The molecule has 4 heteroatoms. The molecule has 2 N–H and O–H groups in total. The molecule has 2 unspecified atom stereocenters. The third-order valence-electron chi connectivity index (χ3n) is 3.20. The van der Waals surface area contributed by atoms with Crippen molar-refractivity contribution in [2.45, 2.75) is 57.7 Å². The zero-order chi connectivity index (χ0) is 12.6. The number of rotatable bonds is 4. The van der Waals surface area contributed by atoms with Gasteiger partial charge in [0.25, 0.3) is 0 Å². The number of aliphatic hydroxyl groups is 2. The van der Waals surface area contributed by atoms with Crippen molar-refractivity contribution in [1.82, 2.24) is 4.98 Å². The van der Waals surface area contributed by atoms with Crippen LogP contribution in [0.25, 0.3) is 0 Å². The fourth-order valence-electron chi connectivity index (χ4n) is 1.80. The maximum atomic E-state index is 9.91. The minimum Gasteiger partial charge on any atom is -0.390 e. The summed E-state index contributed by atoms with van der Waals surface area (Å²) in [7, 11) is 0. The summed E-state index contributed by atoms with van der Waals surface area (Å²) in [6.45, 7) is 6.38. The first-order valence-corrected chi connectivity index (χ1v) is 7.07. The number of nitrogens with zero attached hydrogens (tertiary/aromatic N) is 1. The summed E-state index contributed by atoms with van der Waals surface area (Å²) in [4.78, 5) is 4.53. The second-order valence-corrected chi connectivity index (χ2v) is 6.92. The van der Waals surface area contributed by atoms with E-state index in [2.05, 4.69) is 25.8 Å². The van der Waals surface area contributed by atoms with Crippen LogP contribution in [-0.2, 0) is 11.8 Å². The Kier molecular flexibility index (Phi) is 3.57. The van der Waals surface area contributed by atoms with E-state index in [-0.39, 0.29) is 5.41 Å². The number of aliphatic hydroxyl groups excluding tert-OH is 2. The average molecular weight is 255 g/mol. The summed E-state index contributed by atoms with van der Waals surface area (Å²) in [5.41, 5.74) is 1.11. The molecule has 0 bridgehead atoms. The molecule has 1 aliphatic rings. The van der Waals surface area contributed by atoms with Gasteiger partial charge in [-0.25, -0.2) is 4.98 Å². The quantitative estimate of drug-likeness (QED) is 0.866. The zero-order valence-electron chi connectivity index (χ0n) is 10.7. The Hall–Kier alpha value is -0.450. The highest BCUT2D eigenvalue weighted by Crippen LogP contribution is 2.35. The summed E-state index contributed by atoms with van der Waals surface area (Å²) in [5, 5.41) is 22.7. The van der Waals surface area contributed by atoms with Crippen LogP contribution >= 0.6 is 11.3 Å². The van der Waals surface area contributed by atoms with Crippen LogP contribution < -0.4 is 0 Å². The smallest absolute Gasteiger partial charge is 0.0955 e. The topological polar surface area (TPSA) is 53.4 Å². The number of aromatic nitrogens is 1. The summed E-state index contributed by atoms with van der Waals surface area (Å²) >= 11 is 1.57. The molecule has 1 heterocycles. The highest BCUT2D eigenvalue weighted by molar-refractivity contribution is 7.09. The van der Waals surface area contributed by atoms with E-state index >= 15 is 0 Å². The molecule has 3 nitrogen and oxygen atoms in total. The van der Waals surface area contributed by atoms with E-state index in [4.69, 9.17) is 0 Å². The second kappa shape index (κ2) is 4.67. The Bertz CT molecular complexity index is 379. The van der Waals surface area contributed by atoms with Crippen molar-refractivity contribution in [3.05, 3.63) is 16.1 Å². The molecule has 1 aromatic rings. The summed E-state index contributed by atoms with van der Waals surface area (Å²) in [6.07, 6.45) is 1.32. The van der Waals surface area contributed by atoms with Crippen LogP contribution in [0.4, 0.5) is 0 Å². The van der Waals surface area contributed by atoms with Gasteiger partial charge in [0.2, 0.25) is 0 Å². The predicted molar refractivity (Wildman–Crippen MR) is 69.3 cm³/mol. The Morgan fingerprint density at radius 1 is 1.41 bits per heavy atom. The molecule has 0 amide bonds. The lowest BCUT2D eigenvalue weighted by molar-refractivity contribution is 0.00668. The maximum Gasteiger partial charge on any atom is 0.0955 e. The SMILES string of the molecule is CC(C)(C)c1csc(CC(O)C(O)C2CC2)n1. The van der Waals surface area contributed by atoms with Gasteiger partial charge in [0.1, 0.15) is 0 Å². The molecule has 2 rings (SSSR count). The Morgan fingerprint density at radius 3 is 2.53 bits per heavy atom. The molecule has 17 heavy (non-hydrogen) atoms. The molecular weight excluding hydrogens is 234 g/mol. The number of thiazole rings is 1. The Labute approximate surface area is 107 Å². The third-order valence-corrected chi connectivity index (χ3v) is 4.07. The van der Waals surface area contributed by atoms with Gasteiger partial charge in [0, 0.05) is 17.2 Å². The van der Waals surface area contributed by atoms with E-state index < -0.39 is 12.2 Å². The summed E-state index contributed by atoms with van der Waals surface area (Å²) < 4.78 is 0. The lowest BCUT2D eigenvalue weighted by Gasteiger charge is -2.16. The fourth-order valence-corrected chi connectivity index (χ4v) is 2.87. The van der Waals surface area contributed by atoms with Crippen molar-refractivity contribution in [2.24, 2.45) is 5.92 Å². The molecule has 2 atom stereocenters. The van der Waals surface area contributed by atoms with Gasteiger partial charge in [-0.2, -0.15) is 0 Å². The molecule has 1 fully saturated rings. The van der Waals surface area contributed by atoms with Gasteiger partial charge < -0.3 is 10.2 Å². The average Bonchev–Trinajstić information content (AvgIpc) is 2.96. The minimum absolute atomic E-state index is 0.0504. The van der Waals surface area contributed by atoms with E-state index in [9.17, 15) is 10.2 Å². The molecule has 0 aromatic carbocycles. The fraction of sp³-hybridized carbons (Fsp3) is 0.769. The first-order valence-electron chi connectivity index (χ1n) is 6.19. The van der Waals surface area contributed by atoms with Crippen LogP contribution in [0, 0.1) is 5.92 Å². The first kappa shape index (κ1) is 13.0. The second-order valence-electron chi connectivity index (χ2n) is 5.98. The van der Waals surface area contributed by atoms with Crippen molar-refractivity contribution in [2.75, 3.05) is 0 Å². The van der Waals surface area contributed by atoms with Crippen LogP contribution in [0.5, 0.6) is 0 Å². The van der Waals surface area contributed by atoms with Gasteiger partial charge in [-0.3, -0.25) is 0 Å². The largest absolute Gasteiger partial charge is 0.390 e. The molecule has 0 saturated heterocycles. The van der Waals surface area contributed by atoms with Crippen LogP contribution in [0.15, 0.2) is 5.38 Å². The van der Waals surface area contributed by atoms with Crippen molar-refractivity contribution in [3.8, 4) is 0 Å². The van der Waals surface area contributed by atoms with Crippen LogP contribution in [-0.4, -0.2) is 27.4 Å². The number of hydrogen-bond donors (Lipinski definition) is 2. The molecular formula is C13H21NO2S. The number of hydrogen-bond acceptors (Lipinski definition) is 4. The molecule has 0 aliphatic heterocycles. The summed E-state index contributed by atoms with van der Waals surface area (Å²) in [6, 6.07) is 0. The minimum atomic E-state index is -0.665. The van der Waals surface area contributed by atoms with Gasteiger partial charge in [0.05, 0.1) is 22.9 Å². The van der Waals surface area contributed by atoms with Crippen LogP contribution in [0.2, 0.25) is 0 Å². The molecule has 0 radical (unpaired) electrons. The standard InChI is InChI=1S/C13H21NO2S/c1-13(2,3)10-7-17-11(14-10)6-9(15)12(16)8-4-5-8/h7-9,12,15-16H,4-6H2,1-3H3. The van der Waals surface area contributed by atoms with Crippen molar-refractivity contribution >= 4 is 11.3 Å². The van der Waals surface area contributed by atoms with Crippen LogP contribution in [0.3, 0.4) is 0 Å². The van der Waals surface area contributed by atoms with Gasteiger partial charge in [-0.05, 0) is 18.8 Å². The normalized spacial score (nSPS) is 20.3. The molecule has 1 aliphatic carbocycles. The molecule has 96 valence electrons. The van der Waals surface area contributed by atoms with Gasteiger partial charge in [-0.1, -0.05) is 20.8 Å². The van der Waals surface area contributed by atoms with Crippen molar-refractivity contribution in [1.29, 1.82) is 0 Å². The monoisotopic (exact) mass is 255 g/mol. The first-order chi connectivity index (χ1) is 7.88. The molecule has 0 spiro atoms. The summed E-state index contributed by atoms with van der Waals surface area (Å²) in [5.74, 6) is 0.312. The lowest BCUT2D eigenvalue weighted by atomic mass is 9.93. The van der Waals surface area contributed by atoms with Gasteiger partial charge in [0.15, 0.2) is 0 Å². The zero-order valence-corrected chi connectivity index (χ0v) is 11.5. The van der Waals surface area contributed by atoms with E-state index in [1.54, 1.807) is 11.3 Å². The van der Waals surface area contributed by atoms with E-state index in [0.29, 0.717) is 12.3 Å². The van der Waals surface area contributed by atoms with E-state index in [0.717, 1.165) is 23.5 Å². The van der Waals surface area contributed by atoms with Crippen LogP contribution in [0.1, 0.15) is 44.3 Å². The molecule has 1 saturated carbocycles.